The minimum atomic E-state index is 0.238. The predicted octanol–water partition coefficient (Wildman–Crippen LogP) is 1.67. The summed E-state index contributed by atoms with van der Waals surface area (Å²) in [5.41, 5.74) is 5.11. The summed E-state index contributed by atoms with van der Waals surface area (Å²) in [6, 6.07) is 0. The van der Waals surface area contributed by atoms with Gasteiger partial charge in [0.2, 0.25) is 0 Å². The van der Waals surface area contributed by atoms with Gasteiger partial charge in [-0.25, -0.2) is 0 Å². The Labute approximate surface area is 56.3 Å². The van der Waals surface area contributed by atoms with Crippen molar-refractivity contribution in [2.45, 2.75) is 26.2 Å². The molecule has 0 aromatic rings. The largest absolute Gasteiger partial charge is 0.387 e. The van der Waals surface area contributed by atoms with Crippen molar-refractivity contribution in [2.75, 3.05) is 0 Å². The summed E-state index contributed by atoms with van der Waals surface area (Å²) >= 11 is 0. The fourth-order valence-corrected chi connectivity index (χ4v) is 0.495. The first-order valence-electron chi connectivity index (χ1n) is 3.25. The number of amidine groups is 1. The van der Waals surface area contributed by atoms with Crippen LogP contribution in [0.15, 0.2) is 12.2 Å². The van der Waals surface area contributed by atoms with Crippen molar-refractivity contribution in [3.8, 4) is 0 Å². The number of hydrogen-bond donors (Lipinski definition) is 2. The maximum Gasteiger partial charge on any atom is 0.0943 e. The number of nitrogens with two attached hydrogens (primary N) is 1. The Hall–Kier alpha value is -0.790. The summed E-state index contributed by atoms with van der Waals surface area (Å²) < 4.78 is 0. The van der Waals surface area contributed by atoms with Crippen molar-refractivity contribution in [3.05, 3.63) is 12.2 Å². The maximum absolute atomic E-state index is 6.86. The number of hydrogen-bond acceptors (Lipinski definition) is 1. The Morgan fingerprint density at radius 3 is 2.67 bits per heavy atom. The fraction of sp³-hybridized carbons (Fsp3) is 0.571. The van der Waals surface area contributed by atoms with Gasteiger partial charge in [-0.2, -0.15) is 0 Å². The lowest BCUT2D eigenvalue weighted by Gasteiger charge is -1.87. The molecule has 0 aromatic heterocycles. The minimum Gasteiger partial charge on any atom is -0.387 e. The third-order valence-corrected chi connectivity index (χ3v) is 0.960. The highest BCUT2D eigenvalue weighted by atomic mass is 14.7. The molecule has 0 aliphatic rings. The summed E-state index contributed by atoms with van der Waals surface area (Å²) in [7, 11) is 0. The molecule has 2 nitrogen and oxygen atoms in total. The van der Waals surface area contributed by atoms with Crippen LogP contribution >= 0.6 is 0 Å². The molecule has 9 heavy (non-hydrogen) atoms. The molecule has 0 aliphatic carbocycles. The topological polar surface area (TPSA) is 49.9 Å². The highest BCUT2D eigenvalue weighted by Crippen LogP contribution is 1.89. The Kier molecular flexibility index (Phi) is 4.88. The lowest BCUT2D eigenvalue weighted by Crippen LogP contribution is -2.06. The van der Waals surface area contributed by atoms with E-state index in [0.29, 0.717) is 6.42 Å². The molecule has 0 radical (unpaired) electrons. The third-order valence-electron chi connectivity index (χ3n) is 0.960. The zero-order valence-electron chi connectivity index (χ0n) is 5.85. The highest BCUT2D eigenvalue weighted by molar-refractivity contribution is 5.78. The lowest BCUT2D eigenvalue weighted by atomic mass is 10.3. The Balaban J connectivity index is 3.14. The quantitative estimate of drug-likeness (QED) is 0.336. The molecule has 0 unspecified atom stereocenters. The van der Waals surface area contributed by atoms with E-state index in [4.69, 9.17) is 11.1 Å². The first kappa shape index (κ1) is 8.21. The van der Waals surface area contributed by atoms with Gasteiger partial charge in [0.05, 0.1) is 5.84 Å². The van der Waals surface area contributed by atoms with Gasteiger partial charge in [-0.05, 0) is 6.42 Å². The first-order chi connectivity index (χ1) is 4.27. The zero-order chi connectivity index (χ0) is 7.11. The molecule has 0 rings (SSSR count). The molecule has 0 bridgehead atoms. The second-order valence-corrected chi connectivity index (χ2v) is 1.99. The van der Waals surface area contributed by atoms with E-state index in [0.717, 1.165) is 12.8 Å². The maximum atomic E-state index is 6.86. The van der Waals surface area contributed by atoms with Crippen LogP contribution in [0.5, 0.6) is 0 Å². The molecule has 0 aromatic carbocycles. The molecule has 0 heterocycles. The van der Waals surface area contributed by atoms with Crippen molar-refractivity contribution in [1.29, 1.82) is 5.41 Å². The van der Waals surface area contributed by atoms with E-state index in [9.17, 15) is 0 Å². The average Bonchev–Trinajstić information content (AvgIpc) is 1.80. The highest BCUT2D eigenvalue weighted by Gasteiger charge is 1.79. The fourth-order valence-electron chi connectivity index (χ4n) is 0.495. The van der Waals surface area contributed by atoms with E-state index < -0.39 is 0 Å². The van der Waals surface area contributed by atoms with Gasteiger partial charge in [0.25, 0.3) is 0 Å². The zero-order valence-corrected chi connectivity index (χ0v) is 5.85. The van der Waals surface area contributed by atoms with Crippen LogP contribution in [0.2, 0.25) is 0 Å². The van der Waals surface area contributed by atoms with Crippen molar-refractivity contribution in [1.82, 2.24) is 0 Å². The molecule has 3 N–H and O–H groups in total. The Morgan fingerprint density at radius 2 is 2.22 bits per heavy atom. The van der Waals surface area contributed by atoms with Gasteiger partial charge in [-0.15, -0.1) is 0 Å². The molecular weight excluding hydrogens is 112 g/mol. The van der Waals surface area contributed by atoms with E-state index in [1.165, 1.54) is 0 Å². The summed E-state index contributed by atoms with van der Waals surface area (Å²) in [6.45, 7) is 2.12. The molecule has 0 saturated heterocycles. The smallest absolute Gasteiger partial charge is 0.0943 e. The van der Waals surface area contributed by atoms with Crippen LogP contribution in [0.1, 0.15) is 26.2 Å². The molecule has 52 valence electrons. The summed E-state index contributed by atoms with van der Waals surface area (Å²) in [5, 5.41) is 6.86. The minimum absolute atomic E-state index is 0.238. The first-order valence-corrected chi connectivity index (χ1v) is 3.25. The van der Waals surface area contributed by atoms with Crippen LogP contribution in [0.25, 0.3) is 0 Å². The molecule has 0 amide bonds. The number of nitrogens with one attached hydrogen (secondary N) is 1. The normalized spacial score (nSPS) is 10.3. The standard InChI is InChI=1S/C7H14N2/c1-2-3-4-5-6-7(8)9/h4-5H,2-3,6H2,1H3,(H3,8,9)/b5-4+. The van der Waals surface area contributed by atoms with Gasteiger partial charge in [-0.1, -0.05) is 25.5 Å². The van der Waals surface area contributed by atoms with Crippen LogP contribution in [-0.2, 0) is 0 Å². The van der Waals surface area contributed by atoms with Gasteiger partial charge in [-0.3, -0.25) is 5.41 Å². The van der Waals surface area contributed by atoms with Crippen molar-refractivity contribution in [3.63, 3.8) is 0 Å². The van der Waals surface area contributed by atoms with Crippen molar-refractivity contribution in [2.24, 2.45) is 5.73 Å². The molecule has 0 atom stereocenters. The lowest BCUT2D eigenvalue weighted by molar-refractivity contribution is 0.955. The third kappa shape index (κ3) is 7.21. The summed E-state index contributed by atoms with van der Waals surface area (Å²) in [4.78, 5) is 0. The van der Waals surface area contributed by atoms with Crippen LogP contribution in [0.3, 0.4) is 0 Å². The SMILES string of the molecule is CCC/C=C/CC(=N)N. The van der Waals surface area contributed by atoms with E-state index >= 15 is 0 Å². The number of rotatable bonds is 4. The van der Waals surface area contributed by atoms with Crippen molar-refractivity contribution >= 4 is 5.84 Å². The van der Waals surface area contributed by atoms with E-state index in [1.807, 2.05) is 6.08 Å². The van der Waals surface area contributed by atoms with E-state index in [-0.39, 0.29) is 5.84 Å². The molecule has 2 heteroatoms. The van der Waals surface area contributed by atoms with Crippen molar-refractivity contribution < 1.29 is 0 Å². The Bertz CT molecular complexity index is 105. The van der Waals surface area contributed by atoms with Crippen LogP contribution in [0, 0.1) is 5.41 Å². The second-order valence-electron chi connectivity index (χ2n) is 1.99. The predicted molar refractivity (Wildman–Crippen MR) is 40.6 cm³/mol. The summed E-state index contributed by atoms with van der Waals surface area (Å²) in [5.74, 6) is 0.238. The number of allylic oxidation sites excluding steroid dienone is 1. The molecule has 0 aliphatic heterocycles. The van der Waals surface area contributed by atoms with E-state index in [2.05, 4.69) is 13.0 Å². The summed E-state index contributed by atoms with van der Waals surface area (Å²) in [6.07, 6.45) is 6.84. The van der Waals surface area contributed by atoms with Gasteiger partial charge in [0, 0.05) is 6.42 Å². The van der Waals surface area contributed by atoms with Gasteiger partial charge in [0.1, 0.15) is 0 Å². The molecule has 0 fully saturated rings. The Morgan fingerprint density at radius 1 is 1.56 bits per heavy atom. The van der Waals surface area contributed by atoms with Gasteiger partial charge >= 0.3 is 0 Å². The van der Waals surface area contributed by atoms with Gasteiger partial charge < -0.3 is 5.73 Å². The van der Waals surface area contributed by atoms with Crippen LogP contribution < -0.4 is 5.73 Å². The van der Waals surface area contributed by atoms with Crippen LogP contribution in [-0.4, -0.2) is 5.84 Å². The van der Waals surface area contributed by atoms with Gasteiger partial charge in [0.15, 0.2) is 0 Å². The van der Waals surface area contributed by atoms with E-state index in [1.54, 1.807) is 0 Å². The number of unbranched alkanes of at least 4 members (excludes halogenated alkanes) is 1. The molecule has 0 spiro atoms. The monoisotopic (exact) mass is 126 g/mol. The second kappa shape index (κ2) is 5.35. The van der Waals surface area contributed by atoms with Crippen LogP contribution in [0.4, 0.5) is 0 Å². The molecule has 0 saturated carbocycles. The molecular formula is C7H14N2. The average molecular weight is 126 g/mol.